The lowest BCUT2D eigenvalue weighted by Crippen LogP contribution is -2.26. The van der Waals surface area contributed by atoms with Crippen LogP contribution in [-0.4, -0.2) is 24.5 Å². The zero-order chi connectivity index (χ0) is 15.5. The number of hydrogen-bond donors (Lipinski definition) is 2. The molecule has 0 amide bonds. The van der Waals surface area contributed by atoms with Gasteiger partial charge in [0.25, 0.3) is 0 Å². The van der Waals surface area contributed by atoms with Crippen molar-refractivity contribution in [2.75, 3.05) is 12.3 Å². The summed E-state index contributed by atoms with van der Waals surface area (Å²) in [4.78, 5) is 3.19. The predicted molar refractivity (Wildman–Crippen MR) is 72.8 cm³/mol. The van der Waals surface area contributed by atoms with E-state index in [1.54, 1.807) is 23.3 Å². The van der Waals surface area contributed by atoms with Gasteiger partial charge in [0.1, 0.15) is 16.5 Å². The molecule has 0 spiro atoms. The molecule has 1 aromatic carbocycles. The highest BCUT2D eigenvalue weighted by Crippen LogP contribution is 2.20. The number of aryl methyl sites for hydroxylation is 1. The van der Waals surface area contributed by atoms with Crippen LogP contribution in [0.5, 0.6) is 0 Å². The summed E-state index contributed by atoms with van der Waals surface area (Å²) in [6.45, 7) is 0.674. The SMILES string of the molecule is Nc1cc(S(=O)(=O)NCCCn2ccnc2)c(F)cc1F. The molecule has 0 saturated carbocycles. The molecule has 0 atom stereocenters. The summed E-state index contributed by atoms with van der Waals surface area (Å²) in [5.74, 6) is -2.17. The molecule has 0 saturated heterocycles. The third-order valence-electron chi connectivity index (χ3n) is 2.79. The molecule has 0 fully saturated rings. The third kappa shape index (κ3) is 3.76. The molecule has 3 N–H and O–H groups in total. The Morgan fingerprint density at radius 2 is 2.05 bits per heavy atom. The Morgan fingerprint density at radius 1 is 1.29 bits per heavy atom. The van der Waals surface area contributed by atoms with Gasteiger partial charge in [0.15, 0.2) is 0 Å². The van der Waals surface area contributed by atoms with Crippen molar-refractivity contribution in [3.05, 3.63) is 42.5 Å². The molecule has 0 aliphatic heterocycles. The van der Waals surface area contributed by atoms with Crippen LogP contribution in [0, 0.1) is 11.6 Å². The van der Waals surface area contributed by atoms with Crippen LogP contribution in [0.15, 0.2) is 35.7 Å². The molecule has 21 heavy (non-hydrogen) atoms. The second-order valence-corrected chi connectivity index (χ2v) is 6.09. The van der Waals surface area contributed by atoms with Crippen molar-refractivity contribution in [2.45, 2.75) is 17.9 Å². The predicted octanol–water partition coefficient (Wildman–Crippen LogP) is 1.11. The van der Waals surface area contributed by atoms with Gasteiger partial charge in [-0.3, -0.25) is 0 Å². The number of nitrogen functional groups attached to an aromatic ring is 1. The summed E-state index contributed by atoms with van der Waals surface area (Å²) >= 11 is 0. The van der Waals surface area contributed by atoms with Crippen molar-refractivity contribution in [2.24, 2.45) is 0 Å². The van der Waals surface area contributed by atoms with E-state index in [1.165, 1.54) is 0 Å². The van der Waals surface area contributed by atoms with Gasteiger partial charge in [0.05, 0.1) is 12.0 Å². The Balaban J connectivity index is 2.00. The summed E-state index contributed by atoms with van der Waals surface area (Å²) in [6, 6.07) is 1.22. The Bertz CT molecular complexity index is 717. The Hall–Kier alpha value is -2.00. The van der Waals surface area contributed by atoms with Gasteiger partial charge in [-0.2, -0.15) is 0 Å². The van der Waals surface area contributed by atoms with E-state index in [4.69, 9.17) is 5.73 Å². The van der Waals surface area contributed by atoms with E-state index in [0.717, 1.165) is 6.07 Å². The molecule has 0 radical (unpaired) electrons. The summed E-state index contributed by atoms with van der Waals surface area (Å²) in [6.07, 6.45) is 5.46. The van der Waals surface area contributed by atoms with Crippen molar-refractivity contribution in [1.29, 1.82) is 0 Å². The van der Waals surface area contributed by atoms with Gasteiger partial charge in [-0.25, -0.2) is 26.9 Å². The van der Waals surface area contributed by atoms with Crippen molar-refractivity contribution in [1.82, 2.24) is 14.3 Å². The highest BCUT2D eigenvalue weighted by atomic mass is 32.2. The van der Waals surface area contributed by atoms with Gasteiger partial charge < -0.3 is 10.3 Å². The van der Waals surface area contributed by atoms with Crippen molar-refractivity contribution in [3.63, 3.8) is 0 Å². The largest absolute Gasteiger partial charge is 0.396 e. The lowest BCUT2D eigenvalue weighted by Gasteiger charge is -2.09. The molecular formula is C12H14F2N4O2S. The standard InChI is InChI=1S/C12H14F2N4O2S/c13-9-6-10(14)12(7-11(9)15)21(19,20)17-2-1-4-18-5-3-16-8-18/h3,5-8,17H,1-2,4,15H2. The van der Waals surface area contributed by atoms with Gasteiger partial charge in [0.2, 0.25) is 10.0 Å². The van der Waals surface area contributed by atoms with Crippen molar-refractivity contribution in [3.8, 4) is 0 Å². The number of nitrogens with one attached hydrogen (secondary N) is 1. The summed E-state index contributed by atoms with van der Waals surface area (Å²) < 4.78 is 54.4. The van der Waals surface area contributed by atoms with E-state index >= 15 is 0 Å². The Kier molecular flexibility index (Phi) is 4.53. The van der Waals surface area contributed by atoms with Gasteiger partial charge in [-0.05, 0) is 12.5 Å². The number of nitrogens with two attached hydrogens (primary N) is 1. The number of rotatable bonds is 6. The lowest BCUT2D eigenvalue weighted by atomic mass is 10.3. The molecule has 1 aromatic heterocycles. The number of benzene rings is 1. The summed E-state index contributed by atoms with van der Waals surface area (Å²) in [7, 11) is -4.07. The maximum absolute atomic E-state index is 13.5. The average molecular weight is 316 g/mol. The fourth-order valence-corrected chi connectivity index (χ4v) is 2.88. The normalized spacial score (nSPS) is 11.7. The van der Waals surface area contributed by atoms with Crippen LogP contribution < -0.4 is 10.5 Å². The van der Waals surface area contributed by atoms with E-state index in [0.29, 0.717) is 19.0 Å². The Labute approximate surface area is 120 Å². The number of nitrogens with zero attached hydrogens (tertiary/aromatic N) is 2. The fraction of sp³-hybridized carbons (Fsp3) is 0.250. The highest BCUT2D eigenvalue weighted by Gasteiger charge is 2.20. The molecule has 1 heterocycles. The minimum absolute atomic E-state index is 0.108. The first-order chi connectivity index (χ1) is 9.90. The van der Waals surface area contributed by atoms with E-state index in [1.807, 2.05) is 0 Å². The highest BCUT2D eigenvalue weighted by molar-refractivity contribution is 7.89. The molecule has 0 unspecified atom stereocenters. The van der Waals surface area contributed by atoms with Crippen molar-refractivity contribution < 1.29 is 17.2 Å². The first kappa shape index (κ1) is 15.4. The van der Waals surface area contributed by atoms with Gasteiger partial charge in [-0.1, -0.05) is 0 Å². The van der Waals surface area contributed by atoms with Crippen LogP contribution in [0.3, 0.4) is 0 Å². The molecule has 2 aromatic rings. The number of aromatic nitrogens is 2. The molecule has 2 rings (SSSR count). The van der Waals surface area contributed by atoms with Crippen LogP contribution in [0.4, 0.5) is 14.5 Å². The smallest absolute Gasteiger partial charge is 0.243 e. The molecule has 0 aliphatic carbocycles. The number of anilines is 1. The number of imidazole rings is 1. The van der Waals surface area contributed by atoms with Crippen LogP contribution in [0.25, 0.3) is 0 Å². The van der Waals surface area contributed by atoms with E-state index < -0.39 is 32.2 Å². The summed E-state index contributed by atoms with van der Waals surface area (Å²) in [5.41, 5.74) is 4.84. The number of halogens is 2. The van der Waals surface area contributed by atoms with Gasteiger partial charge in [0, 0.05) is 31.5 Å². The third-order valence-corrected chi connectivity index (χ3v) is 4.26. The van der Waals surface area contributed by atoms with Crippen LogP contribution >= 0.6 is 0 Å². The molecule has 0 aliphatic rings. The summed E-state index contributed by atoms with van der Waals surface area (Å²) in [5, 5.41) is 0. The maximum atomic E-state index is 13.5. The molecule has 114 valence electrons. The van der Waals surface area contributed by atoms with Crippen molar-refractivity contribution >= 4 is 15.7 Å². The molecule has 9 heteroatoms. The maximum Gasteiger partial charge on any atom is 0.243 e. The monoisotopic (exact) mass is 316 g/mol. The van der Waals surface area contributed by atoms with E-state index in [9.17, 15) is 17.2 Å². The average Bonchev–Trinajstić information content (AvgIpc) is 2.92. The first-order valence-corrected chi connectivity index (χ1v) is 7.58. The number of hydrogen-bond acceptors (Lipinski definition) is 4. The van der Waals surface area contributed by atoms with E-state index in [-0.39, 0.29) is 6.54 Å². The van der Waals surface area contributed by atoms with E-state index in [2.05, 4.69) is 9.71 Å². The quantitative estimate of drug-likeness (QED) is 0.617. The molecule has 0 bridgehead atoms. The zero-order valence-corrected chi connectivity index (χ0v) is 11.8. The van der Waals surface area contributed by atoms with Gasteiger partial charge in [-0.15, -0.1) is 0 Å². The van der Waals surface area contributed by atoms with Crippen LogP contribution in [0.1, 0.15) is 6.42 Å². The zero-order valence-electron chi connectivity index (χ0n) is 11.0. The van der Waals surface area contributed by atoms with Gasteiger partial charge >= 0.3 is 0 Å². The second kappa shape index (κ2) is 6.19. The number of sulfonamides is 1. The van der Waals surface area contributed by atoms with Crippen LogP contribution in [-0.2, 0) is 16.6 Å². The Morgan fingerprint density at radius 3 is 2.71 bits per heavy atom. The lowest BCUT2D eigenvalue weighted by molar-refractivity contribution is 0.541. The first-order valence-electron chi connectivity index (χ1n) is 6.10. The van der Waals surface area contributed by atoms with Crippen LogP contribution in [0.2, 0.25) is 0 Å². The fourth-order valence-electron chi connectivity index (χ4n) is 1.72. The second-order valence-electron chi connectivity index (χ2n) is 4.36. The molecular weight excluding hydrogens is 302 g/mol. The minimum Gasteiger partial charge on any atom is -0.396 e. The topological polar surface area (TPSA) is 90.0 Å². The minimum atomic E-state index is -4.07. The molecule has 6 nitrogen and oxygen atoms in total.